The van der Waals surface area contributed by atoms with Gasteiger partial charge in [-0.2, -0.15) is 0 Å². The minimum absolute atomic E-state index is 0.0343. The largest absolute Gasteiger partial charge is 0.469 e. The summed E-state index contributed by atoms with van der Waals surface area (Å²) in [6.45, 7) is 2.21. The number of carbonyl (C=O) groups excluding carboxylic acids is 2. The number of esters is 1. The topological polar surface area (TPSA) is 78.9 Å². The fourth-order valence-electron chi connectivity index (χ4n) is 2.49. The summed E-state index contributed by atoms with van der Waals surface area (Å²) >= 11 is 0. The molecule has 24 heavy (non-hydrogen) atoms. The Labute approximate surface area is 152 Å². The first-order chi connectivity index (χ1) is 11.7. The lowest BCUT2D eigenvalue weighted by atomic mass is 10.1. The molecule has 2 N–H and O–H groups in total. The van der Waals surface area contributed by atoms with Crippen LogP contribution in [0.2, 0.25) is 0 Å². The van der Waals surface area contributed by atoms with E-state index in [4.69, 9.17) is 5.11 Å². The molecular weight excluding hydrogens is 348 g/mol. The van der Waals surface area contributed by atoms with E-state index in [9.17, 15) is 9.59 Å². The average molecular weight is 379 g/mol. The van der Waals surface area contributed by atoms with E-state index < -0.39 is 0 Å². The number of carbonyl (C=O) groups is 2. The number of aliphatic hydroxyl groups excluding tert-OH is 1. The number of aliphatic hydroxyl groups is 1. The molecular formula is C16H30N2O4S2. The van der Waals surface area contributed by atoms with Crippen LogP contribution in [0.4, 0.5) is 0 Å². The van der Waals surface area contributed by atoms with Crippen molar-refractivity contribution in [2.75, 3.05) is 45.6 Å². The van der Waals surface area contributed by atoms with Gasteiger partial charge in [-0.3, -0.25) is 14.5 Å². The standard InChI is InChI=1S/C16H30N2O4S2/c1-22-16(21)6-9-18(11-12-19)10-8-17-15(20)5-3-2-4-14-7-13-23-24-14/h14,19H,2-13H2,1H3,(H,17,20). The molecule has 0 aromatic carbocycles. The molecule has 1 unspecified atom stereocenters. The molecule has 1 amide bonds. The highest BCUT2D eigenvalue weighted by Gasteiger charge is 2.15. The fourth-order valence-corrected chi connectivity index (χ4v) is 5.52. The van der Waals surface area contributed by atoms with Crippen LogP contribution in [0.3, 0.4) is 0 Å². The van der Waals surface area contributed by atoms with Crippen LogP contribution in [0.15, 0.2) is 0 Å². The molecule has 0 bridgehead atoms. The summed E-state index contributed by atoms with van der Waals surface area (Å²) in [5, 5.41) is 12.7. The van der Waals surface area contributed by atoms with Gasteiger partial charge in [-0.1, -0.05) is 28.0 Å². The van der Waals surface area contributed by atoms with Crippen LogP contribution < -0.4 is 5.32 Å². The van der Waals surface area contributed by atoms with Gasteiger partial charge in [-0.05, 0) is 19.3 Å². The van der Waals surface area contributed by atoms with E-state index in [1.165, 1.54) is 25.7 Å². The van der Waals surface area contributed by atoms with Gasteiger partial charge in [0.15, 0.2) is 0 Å². The van der Waals surface area contributed by atoms with E-state index in [1.807, 2.05) is 26.5 Å². The number of rotatable bonds is 13. The summed E-state index contributed by atoms with van der Waals surface area (Å²) in [5.74, 6) is 1.08. The highest BCUT2D eigenvalue weighted by molar-refractivity contribution is 8.77. The molecule has 0 aromatic heterocycles. The Balaban J connectivity index is 2.04. The van der Waals surface area contributed by atoms with E-state index in [1.54, 1.807) is 0 Å². The van der Waals surface area contributed by atoms with Crippen molar-refractivity contribution in [1.82, 2.24) is 10.2 Å². The Hall–Kier alpha value is -0.440. The van der Waals surface area contributed by atoms with Crippen molar-refractivity contribution in [3.63, 3.8) is 0 Å². The van der Waals surface area contributed by atoms with Gasteiger partial charge in [-0.25, -0.2) is 0 Å². The van der Waals surface area contributed by atoms with Crippen LogP contribution in [-0.2, 0) is 14.3 Å². The zero-order valence-corrected chi connectivity index (χ0v) is 16.1. The number of unbranched alkanes of at least 4 members (excludes halogenated alkanes) is 1. The molecule has 1 atom stereocenters. The zero-order chi connectivity index (χ0) is 17.6. The molecule has 0 saturated carbocycles. The Bertz CT molecular complexity index is 366. The summed E-state index contributed by atoms with van der Waals surface area (Å²) in [7, 11) is 5.31. The number of hydrogen-bond donors (Lipinski definition) is 2. The lowest BCUT2D eigenvalue weighted by molar-refractivity contribution is -0.141. The predicted molar refractivity (Wildman–Crippen MR) is 100 cm³/mol. The second kappa shape index (κ2) is 13.8. The van der Waals surface area contributed by atoms with Crippen LogP contribution in [0.1, 0.15) is 38.5 Å². The maximum Gasteiger partial charge on any atom is 0.306 e. The van der Waals surface area contributed by atoms with Gasteiger partial charge in [0.05, 0.1) is 20.1 Å². The number of nitrogens with one attached hydrogen (secondary N) is 1. The SMILES string of the molecule is COC(=O)CCN(CCO)CCNC(=O)CCCCC1CCSS1. The molecule has 1 aliphatic heterocycles. The maximum atomic E-state index is 11.8. The molecule has 140 valence electrons. The van der Waals surface area contributed by atoms with Gasteiger partial charge in [0.1, 0.15) is 0 Å². The first kappa shape index (κ1) is 21.6. The summed E-state index contributed by atoms with van der Waals surface area (Å²) in [4.78, 5) is 24.9. The maximum absolute atomic E-state index is 11.8. The third kappa shape index (κ3) is 10.4. The Kier molecular flexibility index (Phi) is 12.4. The molecule has 0 aromatic rings. The van der Waals surface area contributed by atoms with E-state index >= 15 is 0 Å². The van der Waals surface area contributed by atoms with Crippen molar-refractivity contribution in [3.8, 4) is 0 Å². The molecule has 1 heterocycles. The molecule has 1 aliphatic rings. The number of ether oxygens (including phenoxy) is 1. The van der Waals surface area contributed by atoms with Crippen LogP contribution in [0, 0.1) is 0 Å². The molecule has 6 nitrogen and oxygen atoms in total. The Morgan fingerprint density at radius 3 is 2.75 bits per heavy atom. The minimum Gasteiger partial charge on any atom is -0.469 e. The number of nitrogens with zero attached hydrogens (tertiary/aromatic N) is 1. The van der Waals surface area contributed by atoms with Crippen LogP contribution in [-0.4, -0.2) is 72.8 Å². The molecule has 1 fully saturated rings. The molecule has 1 rings (SSSR count). The van der Waals surface area contributed by atoms with Crippen molar-refractivity contribution >= 4 is 33.5 Å². The first-order valence-electron chi connectivity index (χ1n) is 8.60. The van der Waals surface area contributed by atoms with Crippen molar-refractivity contribution in [2.24, 2.45) is 0 Å². The molecule has 0 radical (unpaired) electrons. The van der Waals surface area contributed by atoms with Crippen molar-refractivity contribution < 1.29 is 19.4 Å². The summed E-state index contributed by atoms with van der Waals surface area (Å²) in [6.07, 6.45) is 5.43. The third-order valence-corrected chi connectivity index (χ3v) is 6.94. The Morgan fingerprint density at radius 2 is 2.08 bits per heavy atom. The van der Waals surface area contributed by atoms with Crippen molar-refractivity contribution in [3.05, 3.63) is 0 Å². The third-order valence-electron chi connectivity index (χ3n) is 3.93. The highest BCUT2D eigenvalue weighted by atomic mass is 33.1. The average Bonchev–Trinajstić information content (AvgIpc) is 3.09. The molecule has 8 heteroatoms. The fraction of sp³-hybridized carbons (Fsp3) is 0.875. The predicted octanol–water partition coefficient (Wildman–Crippen LogP) is 1.67. The van der Waals surface area contributed by atoms with Crippen LogP contribution in [0.25, 0.3) is 0 Å². The summed E-state index contributed by atoms with van der Waals surface area (Å²) in [6, 6.07) is 0. The van der Waals surface area contributed by atoms with E-state index in [2.05, 4.69) is 10.1 Å². The summed E-state index contributed by atoms with van der Waals surface area (Å²) < 4.78 is 4.61. The monoisotopic (exact) mass is 378 g/mol. The summed E-state index contributed by atoms with van der Waals surface area (Å²) in [5.41, 5.74) is 0. The van der Waals surface area contributed by atoms with Gasteiger partial charge >= 0.3 is 5.97 Å². The second-order valence-electron chi connectivity index (χ2n) is 5.82. The van der Waals surface area contributed by atoms with Gasteiger partial charge in [0, 0.05) is 43.6 Å². The number of methoxy groups -OCH3 is 1. The van der Waals surface area contributed by atoms with Gasteiger partial charge in [-0.15, -0.1) is 0 Å². The Morgan fingerprint density at radius 1 is 1.25 bits per heavy atom. The zero-order valence-electron chi connectivity index (χ0n) is 14.5. The lowest BCUT2D eigenvalue weighted by Crippen LogP contribution is -2.37. The van der Waals surface area contributed by atoms with E-state index in [0.29, 0.717) is 39.0 Å². The first-order valence-corrected chi connectivity index (χ1v) is 11.0. The van der Waals surface area contributed by atoms with Crippen molar-refractivity contribution in [1.29, 1.82) is 0 Å². The van der Waals surface area contributed by atoms with Gasteiger partial charge in [0.2, 0.25) is 5.91 Å². The molecule has 1 saturated heterocycles. The minimum atomic E-state index is -0.263. The van der Waals surface area contributed by atoms with Crippen LogP contribution in [0.5, 0.6) is 0 Å². The molecule has 0 aliphatic carbocycles. The lowest BCUT2D eigenvalue weighted by Gasteiger charge is -2.20. The van der Waals surface area contributed by atoms with Crippen molar-refractivity contribution in [2.45, 2.75) is 43.8 Å². The smallest absolute Gasteiger partial charge is 0.306 e. The number of hydrogen-bond acceptors (Lipinski definition) is 7. The van der Waals surface area contributed by atoms with E-state index in [-0.39, 0.29) is 18.5 Å². The molecule has 0 spiro atoms. The normalized spacial score (nSPS) is 17.2. The van der Waals surface area contributed by atoms with E-state index in [0.717, 1.165) is 18.1 Å². The van der Waals surface area contributed by atoms with Gasteiger partial charge in [0.25, 0.3) is 0 Å². The highest BCUT2D eigenvalue weighted by Crippen LogP contribution is 2.39. The van der Waals surface area contributed by atoms with Gasteiger partial charge < -0.3 is 15.2 Å². The van der Waals surface area contributed by atoms with Crippen LogP contribution >= 0.6 is 21.6 Å². The quantitative estimate of drug-likeness (QED) is 0.287. The second-order valence-corrected chi connectivity index (χ2v) is 8.60. The number of amides is 1.